The van der Waals surface area contributed by atoms with E-state index in [1.807, 2.05) is 0 Å². The Kier molecular flexibility index (Phi) is 7.02. The van der Waals surface area contributed by atoms with Crippen molar-refractivity contribution >= 4 is 18.0 Å². The highest BCUT2D eigenvalue weighted by atomic mass is 16.5. The number of carbonyl (C=O) groups is 2. The van der Waals surface area contributed by atoms with Gasteiger partial charge in [-0.1, -0.05) is 13.2 Å². The summed E-state index contributed by atoms with van der Waals surface area (Å²) in [6.07, 6.45) is 3.23. The van der Waals surface area contributed by atoms with Gasteiger partial charge in [0.25, 0.3) is 0 Å². The van der Waals surface area contributed by atoms with E-state index in [9.17, 15) is 14.4 Å². The summed E-state index contributed by atoms with van der Waals surface area (Å²) in [4.78, 5) is 34.8. The molecule has 0 unspecified atom stereocenters. The zero-order valence-corrected chi connectivity index (χ0v) is 8.55. The molecule has 0 heterocycles. The summed E-state index contributed by atoms with van der Waals surface area (Å²) in [6.45, 7) is 6.00. The molecule has 0 aromatic carbocycles. The number of hydrogen-bond acceptors (Lipinski definition) is 6. The first-order valence-corrected chi connectivity index (χ1v) is 4.29. The Morgan fingerprint density at radius 3 is 1.94 bits per heavy atom. The van der Waals surface area contributed by atoms with Crippen LogP contribution in [0.25, 0.3) is 0 Å². The van der Waals surface area contributed by atoms with Crippen molar-refractivity contribution in [2.75, 3.05) is 13.2 Å². The van der Waals surface area contributed by atoms with Crippen LogP contribution in [-0.2, 0) is 23.9 Å². The lowest BCUT2D eigenvalue weighted by atomic mass is 10.3. The number of aliphatic imine (C=N–C) groups is 1. The quantitative estimate of drug-likeness (QED) is 0.266. The summed E-state index contributed by atoms with van der Waals surface area (Å²) in [5.74, 6) is -1.30. The van der Waals surface area contributed by atoms with E-state index < -0.39 is 18.0 Å². The number of rotatable bonds is 7. The minimum absolute atomic E-state index is 0.190. The van der Waals surface area contributed by atoms with Crippen LogP contribution in [0.5, 0.6) is 0 Å². The van der Waals surface area contributed by atoms with Crippen molar-refractivity contribution in [2.24, 2.45) is 4.99 Å². The molecule has 0 rings (SSSR count). The molecule has 0 fully saturated rings. The second-order valence-electron chi connectivity index (χ2n) is 2.54. The van der Waals surface area contributed by atoms with Crippen LogP contribution >= 0.6 is 0 Å². The smallest absolute Gasteiger partial charge is 0.330 e. The maximum absolute atomic E-state index is 10.7. The van der Waals surface area contributed by atoms with Gasteiger partial charge in [0.15, 0.2) is 0 Å². The zero-order chi connectivity index (χ0) is 12.4. The molecular formula is C10H11NO5. The first kappa shape index (κ1) is 13.8. The summed E-state index contributed by atoms with van der Waals surface area (Å²) >= 11 is 0. The summed E-state index contributed by atoms with van der Waals surface area (Å²) in [7, 11) is 0. The van der Waals surface area contributed by atoms with Gasteiger partial charge in [0.1, 0.15) is 19.3 Å². The van der Waals surface area contributed by atoms with E-state index in [0.717, 1.165) is 12.2 Å². The molecule has 6 nitrogen and oxygen atoms in total. The minimum atomic E-state index is -0.773. The van der Waals surface area contributed by atoms with Gasteiger partial charge in [0.2, 0.25) is 6.08 Å². The lowest BCUT2D eigenvalue weighted by Crippen LogP contribution is -2.23. The Bertz CT molecular complexity index is 306. The molecule has 16 heavy (non-hydrogen) atoms. The van der Waals surface area contributed by atoms with Crippen LogP contribution in [0, 0.1) is 0 Å². The minimum Gasteiger partial charge on any atom is -0.460 e. The van der Waals surface area contributed by atoms with Crippen LogP contribution in [-0.4, -0.2) is 37.3 Å². The van der Waals surface area contributed by atoms with Crippen molar-refractivity contribution in [3.8, 4) is 0 Å². The van der Waals surface area contributed by atoms with Gasteiger partial charge < -0.3 is 9.47 Å². The van der Waals surface area contributed by atoms with Gasteiger partial charge in [-0.25, -0.2) is 14.4 Å². The van der Waals surface area contributed by atoms with E-state index in [4.69, 9.17) is 0 Å². The molecule has 0 radical (unpaired) electrons. The Hall–Kier alpha value is -2.20. The zero-order valence-electron chi connectivity index (χ0n) is 8.55. The van der Waals surface area contributed by atoms with Crippen molar-refractivity contribution in [2.45, 2.75) is 6.04 Å². The molecule has 0 aliphatic heterocycles. The predicted octanol–water partition coefficient (Wildman–Crippen LogP) is 0.149. The third kappa shape index (κ3) is 6.28. The fraction of sp³-hybridized carbons (Fsp3) is 0.300. The second-order valence-corrected chi connectivity index (χ2v) is 2.54. The van der Waals surface area contributed by atoms with Crippen molar-refractivity contribution in [3.63, 3.8) is 0 Å². The Morgan fingerprint density at radius 2 is 1.62 bits per heavy atom. The third-order valence-electron chi connectivity index (χ3n) is 1.40. The Balaban J connectivity index is 4.11. The Labute approximate surface area is 92.3 Å². The molecule has 0 atom stereocenters. The van der Waals surface area contributed by atoms with Gasteiger partial charge in [-0.15, -0.1) is 0 Å². The molecule has 0 aromatic heterocycles. The van der Waals surface area contributed by atoms with Crippen molar-refractivity contribution in [1.29, 1.82) is 0 Å². The van der Waals surface area contributed by atoms with E-state index in [1.54, 1.807) is 0 Å². The van der Waals surface area contributed by atoms with Crippen LogP contribution in [0.4, 0.5) is 0 Å². The first-order chi connectivity index (χ1) is 7.63. The van der Waals surface area contributed by atoms with Crippen LogP contribution in [0.2, 0.25) is 0 Å². The molecule has 0 bridgehead atoms. The maximum atomic E-state index is 10.7. The van der Waals surface area contributed by atoms with E-state index >= 15 is 0 Å². The van der Waals surface area contributed by atoms with Crippen molar-refractivity contribution < 1.29 is 23.9 Å². The molecule has 6 heteroatoms. The number of carbonyl (C=O) groups excluding carboxylic acids is 3. The molecule has 0 saturated heterocycles. The SMILES string of the molecule is C=CC(=O)OCC(COC(=O)C=C)N=C=O. The molecule has 0 amide bonds. The fourth-order valence-electron chi connectivity index (χ4n) is 0.672. The number of esters is 2. The first-order valence-electron chi connectivity index (χ1n) is 4.29. The van der Waals surface area contributed by atoms with E-state index in [2.05, 4.69) is 27.6 Å². The van der Waals surface area contributed by atoms with Crippen LogP contribution in [0.3, 0.4) is 0 Å². The van der Waals surface area contributed by atoms with Gasteiger partial charge >= 0.3 is 11.9 Å². The predicted molar refractivity (Wildman–Crippen MR) is 54.2 cm³/mol. The van der Waals surface area contributed by atoms with Crippen LogP contribution < -0.4 is 0 Å². The van der Waals surface area contributed by atoms with Crippen LogP contribution in [0.15, 0.2) is 30.3 Å². The lowest BCUT2D eigenvalue weighted by molar-refractivity contribution is -0.140. The van der Waals surface area contributed by atoms with E-state index in [-0.39, 0.29) is 13.2 Å². The molecule has 0 N–H and O–H groups in total. The maximum Gasteiger partial charge on any atom is 0.330 e. The summed E-state index contributed by atoms with van der Waals surface area (Å²) in [5.41, 5.74) is 0. The number of isocyanates is 1. The molecule has 0 saturated carbocycles. The Morgan fingerprint density at radius 1 is 1.19 bits per heavy atom. The standard InChI is InChI=1S/C10H11NO5/c1-3-9(13)15-5-8(11-7-12)6-16-10(14)4-2/h3-4,8H,1-2,5-6H2. The highest BCUT2D eigenvalue weighted by Gasteiger charge is 2.11. The summed E-state index contributed by atoms with van der Waals surface area (Å²) in [6, 6.07) is -0.773. The number of hydrogen-bond donors (Lipinski definition) is 0. The second kappa shape index (κ2) is 8.14. The molecule has 0 aliphatic carbocycles. The molecule has 0 aliphatic rings. The van der Waals surface area contributed by atoms with Crippen molar-refractivity contribution in [1.82, 2.24) is 0 Å². The van der Waals surface area contributed by atoms with Crippen molar-refractivity contribution in [3.05, 3.63) is 25.3 Å². The molecule has 86 valence electrons. The largest absolute Gasteiger partial charge is 0.460 e. The van der Waals surface area contributed by atoms with Gasteiger partial charge in [0.05, 0.1) is 0 Å². The van der Waals surface area contributed by atoms with E-state index in [0.29, 0.717) is 0 Å². The number of nitrogens with zero attached hydrogens (tertiary/aromatic N) is 1. The summed E-state index contributed by atoms with van der Waals surface area (Å²) in [5, 5.41) is 0. The van der Waals surface area contributed by atoms with Gasteiger partial charge in [-0.2, -0.15) is 4.99 Å². The average Bonchev–Trinajstić information content (AvgIpc) is 2.31. The van der Waals surface area contributed by atoms with Gasteiger partial charge in [0, 0.05) is 12.2 Å². The molecule has 0 spiro atoms. The highest BCUT2D eigenvalue weighted by molar-refractivity contribution is 5.81. The average molecular weight is 225 g/mol. The van der Waals surface area contributed by atoms with Gasteiger partial charge in [-0.05, 0) is 0 Å². The molecular weight excluding hydrogens is 214 g/mol. The van der Waals surface area contributed by atoms with E-state index in [1.165, 1.54) is 6.08 Å². The topological polar surface area (TPSA) is 82.0 Å². The normalized spacial score (nSPS) is 8.81. The highest BCUT2D eigenvalue weighted by Crippen LogP contribution is 1.95. The number of ether oxygens (including phenoxy) is 2. The molecule has 0 aromatic rings. The fourth-order valence-corrected chi connectivity index (χ4v) is 0.672. The van der Waals surface area contributed by atoms with Gasteiger partial charge in [-0.3, -0.25) is 0 Å². The third-order valence-corrected chi connectivity index (χ3v) is 1.40. The van der Waals surface area contributed by atoms with Crippen LogP contribution in [0.1, 0.15) is 0 Å². The monoisotopic (exact) mass is 225 g/mol. The summed E-state index contributed by atoms with van der Waals surface area (Å²) < 4.78 is 9.25. The lowest BCUT2D eigenvalue weighted by Gasteiger charge is -2.09.